The first-order valence-corrected chi connectivity index (χ1v) is 10.2. The average Bonchev–Trinajstić information content (AvgIpc) is 3.08. The molecule has 12 heteroatoms. The smallest absolute Gasteiger partial charge is 0.277 e. The molecule has 0 aliphatic carbocycles. The molecular formula is C19H22F3N7OS. The summed E-state index contributed by atoms with van der Waals surface area (Å²) in [6.07, 6.45) is -0.0380. The summed E-state index contributed by atoms with van der Waals surface area (Å²) < 4.78 is 42.1. The van der Waals surface area contributed by atoms with Crippen molar-refractivity contribution in [1.82, 2.24) is 20.5 Å². The predicted octanol–water partition coefficient (Wildman–Crippen LogP) is 1.81. The number of benzene rings is 1. The number of halogens is 3. The van der Waals surface area contributed by atoms with E-state index in [1.54, 1.807) is 11.9 Å². The lowest BCUT2D eigenvalue weighted by Gasteiger charge is -2.36. The molecule has 1 fully saturated rings. The van der Waals surface area contributed by atoms with Gasteiger partial charge < -0.3 is 32.4 Å². The van der Waals surface area contributed by atoms with Gasteiger partial charge in [-0.2, -0.15) is 0 Å². The van der Waals surface area contributed by atoms with Crippen molar-refractivity contribution in [1.29, 1.82) is 5.41 Å². The Balaban J connectivity index is 1.90. The number of likely N-dealkylation sites (tertiary alicyclic amines) is 1. The van der Waals surface area contributed by atoms with Crippen LogP contribution in [-0.2, 0) is 0 Å². The van der Waals surface area contributed by atoms with Crippen LogP contribution in [0.3, 0.4) is 0 Å². The number of carbonyl (C=O) groups is 1. The number of allylic oxidation sites excluding steroid dienone is 1. The van der Waals surface area contributed by atoms with E-state index in [0.29, 0.717) is 12.4 Å². The van der Waals surface area contributed by atoms with Gasteiger partial charge in [0.15, 0.2) is 5.69 Å². The Morgan fingerprint density at radius 3 is 2.61 bits per heavy atom. The number of hydrogen-bond donors (Lipinski definition) is 5. The van der Waals surface area contributed by atoms with E-state index in [2.05, 4.69) is 15.6 Å². The zero-order valence-electron chi connectivity index (χ0n) is 16.6. The van der Waals surface area contributed by atoms with Crippen LogP contribution in [0.25, 0.3) is 10.6 Å². The van der Waals surface area contributed by atoms with E-state index in [1.807, 2.05) is 0 Å². The second kappa shape index (κ2) is 9.35. The number of anilines is 1. The van der Waals surface area contributed by atoms with Crippen molar-refractivity contribution in [2.45, 2.75) is 18.6 Å². The maximum Gasteiger partial charge on any atom is 0.277 e. The topological polar surface area (TPSA) is 133 Å². The molecule has 1 aliphatic rings. The number of nitrogens with two attached hydrogens (primary N) is 2. The number of aromatic nitrogens is 1. The van der Waals surface area contributed by atoms with Gasteiger partial charge in [-0.25, -0.2) is 18.2 Å². The molecule has 0 radical (unpaired) electrons. The molecule has 7 N–H and O–H groups in total. The number of hydrogen-bond acceptors (Lipinski definition) is 8. The fraction of sp³-hybridized carbons (Fsp3) is 0.316. The second-order valence-corrected chi connectivity index (χ2v) is 7.97. The second-order valence-electron chi connectivity index (χ2n) is 6.94. The van der Waals surface area contributed by atoms with E-state index in [4.69, 9.17) is 16.9 Å². The highest BCUT2D eigenvalue weighted by molar-refractivity contribution is 7.19. The molecule has 2 atom stereocenters. The molecule has 2 aromatic rings. The molecule has 3 rings (SSSR count). The summed E-state index contributed by atoms with van der Waals surface area (Å²) in [4.78, 5) is 18.4. The largest absolute Gasteiger partial charge is 0.389 e. The number of alkyl halides is 1. The maximum atomic E-state index is 14.1. The lowest BCUT2D eigenvalue weighted by Crippen LogP contribution is -2.50. The van der Waals surface area contributed by atoms with Crippen LogP contribution >= 0.6 is 11.3 Å². The van der Waals surface area contributed by atoms with Gasteiger partial charge in [0.25, 0.3) is 5.91 Å². The van der Waals surface area contributed by atoms with Crippen LogP contribution in [-0.4, -0.2) is 54.4 Å². The number of thiazole rings is 1. The van der Waals surface area contributed by atoms with Gasteiger partial charge in [-0.15, -0.1) is 0 Å². The van der Waals surface area contributed by atoms with Gasteiger partial charge >= 0.3 is 0 Å². The number of rotatable bonds is 6. The van der Waals surface area contributed by atoms with Crippen molar-refractivity contribution < 1.29 is 18.0 Å². The number of nitrogens with zero attached hydrogens (tertiary/aromatic N) is 2. The molecule has 1 aliphatic heterocycles. The van der Waals surface area contributed by atoms with E-state index >= 15 is 0 Å². The van der Waals surface area contributed by atoms with Crippen molar-refractivity contribution in [3.63, 3.8) is 0 Å². The van der Waals surface area contributed by atoms with Crippen molar-refractivity contribution in [3.8, 4) is 10.6 Å². The summed E-state index contributed by atoms with van der Waals surface area (Å²) in [5.74, 6) is -2.14. The number of piperidine rings is 1. The van der Waals surface area contributed by atoms with Crippen LogP contribution in [0.15, 0.2) is 29.7 Å². The van der Waals surface area contributed by atoms with Gasteiger partial charge in [0.05, 0.1) is 17.8 Å². The van der Waals surface area contributed by atoms with Gasteiger partial charge in [-0.05, 0) is 18.6 Å². The molecular weight excluding hydrogens is 431 g/mol. The molecule has 0 bridgehead atoms. The number of nitrogens with one attached hydrogen (secondary N) is 3. The zero-order chi connectivity index (χ0) is 22.7. The van der Waals surface area contributed by atoms with Gasteiger partial charge in [-0.1, -0.05) is 17.4 Å². The highest BCUT2D eigenvalue weighted by Gasteiger charge is 2.28. The minimum absolute atomic E-state index is 0.0415. The molecule has 1 aromatic carbocycles. The molecule has 1 saturated heterocycles. The minimum Gasteiger partial charge on any atom is -0.389 e. The maximum absolute atomic E-state index is 14.1. The Hall–Kier alpha value is -3.12. The SMILES string of the molecule is CN/C(=C(\C=N)NC(=O)c1nc(-c2c(F)cccc2F)sc1N)N1C[C@@H](N)C[C@H](F)C1. The van der Waals surface area contributed by atoms with Gasteiger partial charge in [-0.3, -0.25) is 4.79 Å². The molecule has 1 aromatic heterocycles. The van der Waals surface area contributed by atoms with Crippen LogP contribution in [0, 0.1) is 17.0 Å². The minimum atomic E-state index is -1.15. The summed E-state index contributed by atoms with van der Waals surface area (Å²) in [6, 6.07) is 2.97. The lowest BCUT2D eigenvalue weighted by molar-refractivity contribution is 0.0961. The monoisotopic (exact) mass is 453 g/mol. The molecule has 2 heterocycles. The van der Waals surface area contributed by atoms with Crippen molar-refractivity contribution in [2.24, 2.45) is 5.73 Å². The summed E-state index contributed by atoms with van der Waals surface area (Å²) in [5, 5.41) is 12.9. The number of nitrogen functional groups attached to an aromatic ring is 1. The fourth-order valence-electron chi connectivity index (χ4n) is 3.37. The standard InChI is InChI=1S/C19H22F3N7OS/c1-26-17(29-7-9(20)5-10(24)8-29)13(6-23)27-18(30)15-16(25)31-19(28-15)14-11(21)3-2-4-12(14)22/h2-4,6,9-10,23,26H,5,7-8,24-25H2,1H3,(H,27,30)/b17-13-,23-6?/t9-,10-/m0/s1. The zero-order valence-corrected chi connectivity index (χ0v) is 17.4. The van der Waals surface area contributed by atoms with Crippen LogP contribution in [0.2, 0.25) is 0 Å². The average molecular weight is 453 g/mol. The molecule has 0 unspecified atom stereocenters. The quantitative estimate of drug-likeness (QED) is 0.424. The number of carbonyl (C=O) groups excluding carboxylic acids is 1. The van der Waals surface area contributed by atoms with E-state index in [-0.39, 0.29) is 39.9 Å². The normalized spacial score (nSPS) is 19.6. The van der Waals surface area contributed by atoms with Crippen molar-refractivity contribution in [2.75, 3.05) is 25.9 Å². The van der Waals surface area contributed by atoms with E-state index in [9.17, 15) is 18.0 Å². The van der Waals surface area contributed by atoms with E-state index in [1.165, 1.54) is 6.07 Å². The molecule has 31 heavy (non-hydrogen) atoms. The molecule has 166 valence electrons. The molecule has 0 saturated carbocycles. The highest BCUT2D eigenvalue weighted by atomic mass is 32.1. The van der Waals surface area contributed by atoms with Gasteiger partial charge in [0, 0.05) is 25.8 Å². The summed E-state index contributed by atoms with van der Waals surface area (Å²) in [5.41, 5.74) is 11.2. The molecule has 0 spiro atoms. The van der Waals surface area contributed by atoms with Crippen LogP contribution in [0.5, 0.6) is 0 Å². The fourth-order valence-corrected chi connectivity index (χ4v) is 4.25. The molecule has 8 nitrogen and oxygen atoms in total. The van der Waals surface area contributed by atoms with E-state index < -0.39 is 29.8 Å². The van der Waals surface area contributed by atoms with E-state index in [0.717, 1.165) is 29.7 Å². The lowest BCUT2D eigenvalue weighted by atomic mass is 10.1. The third kappa shape index (κ3) is 4.80. The molecule has 1 amide bonds. The first-order valence-electron chi connectivity index (χ1n) is 9.34. The van der Waals surface area contributed by atoms with Crippen LogP contribution in [0.4, 0.5) is 18.2 Å². The summed E-state index contributed by atoms with van der Waals surface area (Å²) in [6.45, 7) is 0.381. The van der Waals surface area contributed by atoms with Gasteiger partial charge in [0.1, 0.15) is 33.6 Å². The Bertz CT molecular complexity index is 996. The van der Waals surface area contributed by atoms with Gasteiger partial charge in [0.2, 0.25) is 0 Å². The Kier molecular flexibility index (Phi) is 6.81. The summed E-state index contributed by atoms with van der Waals surface area (Å²) >= 11 is 0.762. The third-order valence-corrected chi connectivity index (χ3v) is 5.58. The van der Waals surface area contributed by atoms with Crippen LogP contribution < -0.4 is 22.1 Å². The number of amides is 1. The highest BCUT2D eigenvalue weighted by Crippen LogP contribution is 2.33. The Morgan fingerprint density at radius 1 is 1.35 bits per heavy atom. The summed E-state index contributed by atoms with van der Waals surface area (Å²) in [7, 11) is 1.56. The van der Waals surface area contributed by atoms with Crippen molar-refractivity contribution >= 4 is 28.5 Å². The van der Waals surface area contributed by atoms with Crippen LogP contribution in [0.1, 0.15) is 16.9 Å². The Morgan fingerprint density at radius 2 is 2.03 bits per heavy atom. The predicted molar refractivity (Wildman–Crippen MR) is 113 cm³/mol. The first kappa shape index (κ1) is 22.6. The Labute approximate surface area is 180 Å². The van der Waals surface area contributed by atoms with Crippen molar-refractivity contribution in [3.05, 3.63) is 47.0 Å². The third-order valence-electron chi connectivity index (χ3n) is 4.68. The first-order chi connectivity index (χ1) is 14.7.